The SMILES string of the molecule is O=C(c1cnc(C(F)(F)F)s1)c1ccccc1OC(F)F. The molecule has 0 aliphatic heterocycles. The largest absolute Gasteiger partial charge is 0.443 e. The topological polar surface area (TPSA) is 39.2 Å². The van der Waals surface area contributed by atoms with Crippen LogP contribution in [-0.4, -0.2) is 17.4 Å². The fourth-order valence-corrected chi connectivity index (χ4v) is 2.23. The summed E-state index contributed by atoms with van der Waals surface area (Å²) in [5.41, 5.74) is -0.254. The van der Waals surface area contributed by atoms with Crippen LogP contribution >= 0.6 is 11.3 Å². The van der Waals surface area contributed by atoms with E-state index in [-0.39, 0.29) is 21.8 Å². The van der Waals surface area contributed by atoms with E-state index < -0.39 is 29.3 Å². The zero-order chi connectivity index (χ0) is 15.6. The van der Waals surface area contributed by atoms with Gasteiger partial charge < -0.3 is 4.74 Å². The first kappa shape index (κ1) is 15.4. The van der Waals surface area contributed by atoms with Gasteiger partial charge in [-0.25, -0.2) is 4.98 Å². The lowest BCUT2D eigenvalue weighted by Gasteiger charge is -2.08. The molecule has 2 rings (SSSR count). The molecular formula is C12H6F5NO2S. The van der Waals surface area contributed by atoms with Crippen molar-refractivity contribution in [1.82, 2.24) is 4.98 Å². The maximum absolute atomic E-state index is 12.4. The molecular weight excluding hydrogens is 317 g/mol. The van der Waals surface area contributed by atoms with E-state index in [0.717, 1.165) is 12.3 Å². The minimum atomic E-state index is -4.66. The zero-order valence-corrected chi connectivity index (χ0v) is 10.8. The third-order valence-corrected chi connectivity index (χ3v) is 3.36. The molecule has 1 heterocycles. The van der Waals surface area contributed by atoms with Gasteiger partial charge in [-0.1, -0.05) is 12.1 Å². The van der Waals surface area contributed by atoms with E-state index in [2.05, 4.69) is 9.72 Å². The summed E-state index contributed by atoms with van der Waals surface area (Å²) in [4.78, 5) is 14.9. The van der Waals surface area contributed by atoms with E-state index in [9.17, 15) is 26.7 Å². The second kappa shape index (κ2) is 5.76. The average Bonchev–Trinajstić information content (AvgIpc) is 2.87. The number of hydrogen-bond donors (Lipinski definition) is 0. The summed E-state index contributed by atoms with van der Waals surface area (Å²) < 4.78 is 65.9. The highest BCUT2D eigenvalue weighted by molar-refractivity contribution is 7.14. The van der Waals surface area contributed by atoms with Crippen LogP contribution in [0.3, 0.4) is 0 Å². The summed E-state index contributed by atoms with van der Waals surface area (Å²) in [6, 6.07) is 5.07. The van der Waals surface area contributed by atoms with Crippen molar-refractivity contribution in [1.29, 1.82) is 0 Å². The third kappa shape index (κ3) is 3.54. The molecule has 0 radical (unpaired) electrons. The lowest BCUT2D eigenvalue weighted by atomic mass is 10.1. The Hall–Kier alpha value is -2.03. The number of halogens is 5. The van der Waals surface area contributed by atoms with Crippen molar-refractivity contribution in [2.24, 2.45) is 0 Å². The maximum Gasteiger partial charge on any atom is 0.443 e. The Morgan fingerprint density at radius 1 is 1.24 bits per heavy atom. The van der Waals surface area contributed by atoms with Crippen LogP contribution in [0.5, 0.6) is 5.75 Å². The molecule has 9 heteroatoms. The number of ether oxygens (including phenoxy) is 1. The lowest BCUT2D eigenvalue weighted by Crippen LogP contribution is -2.08. The van der Waals surface area contributed by atoms with E-state index in [1.165, 1.54) is 18.2 Å². The summed E-state index contributed by atoms with van der Waals surface area (Å²) in [7, 11) is 0. The van der Waals surface area contributed by atoms with Gasteiger partial charge >= 0.3 is 12.8 Å². The van der Waals surface area contributed by atoms with E-state index in [4.69, 9.17) is 0 Å². The molecule has 0 spiro atoms. The average molecular weight is 323 g/mol. The molecule has 0 unspecified atom stereocenters. The summed E-state index contributed by atoms with van der Waals surface area (Å²) in [6.07, 6.45) is -3.91. The third-order valence-electron chi connectivity index (χ3n) is 2.32. The van der Waals surface area contributed by atoms with Gasteiger partial charge in [0, 0.05) is 6.20 Å². The van der Waals surface area contributed by atoms with Crippen molar-refractivity contribution in [3.63, 3.8) is 0 Å². The quantitative estimate of drug-likeness (QED) is 0.631. The normalized spacial score (nSPS) is 11.7. The molecule has 0 atom stereocenters. The standard InChI is InChI=1S/C12H6F5NO2S/c13-11(14)20-7-4-2-1-3-6(7)9(19)8-5-18-10(21-8)12(15,16)17/h1-5,11H. The molecule has 0 bridgehead atoms. The van der Waals surface area contributed by atoms with Gasteiger partial charge in [0.2, 0.25) is 5.78 Å². The Balaban J connectivity index is 2.34. The van der Waals surface area contributed by atoms with E-state index in [0.29, 0.717) is 0 Å². The highest BCUT2D eigenvalue weighted by atomic mass is 32.1. The number of carbonyl (C=O) groups is 1. The Bertz CT molecular complexity index is 653. The van der Waals surface area contributed by atoms with Crippen LogP contribution in [-0.2, 0) is 6.18 Å². The number of para-hydroxylation sites is 1. The van der Waals surface area contributed by atoms with E-state index in [1.54, 1.807) is 0 Å². The minimum absolute atomic E-state index is 0.142. The van der Waals surface area contributed by atoms with Gasteiger partial charge in [-0.3, -0.25) is 4.79 Å². The second-order valence-electron chi connectivity index (χ2n) is 3.73. The van der Waals surface area contributed by atoms with Crippen LogP contribution in [0.25, 0.3) is 0 Å². The Morgan fingerprint density at radius 3 is 2.48 bits per heavy atom. The van der Waals surface area contributed by atoms with Gasteiger partial charge in [0.25, 0.3) is 0 Å². The van der Waals surface area contributed by atoms with Crippen molar-refractivity contribution >= 4 is 17.1 Å². The highest BCUT2D eigenvalue weighted by Gasteiger charge is 2.35. The predicted octanol–water partition coefficient (Wildman–Crippen LogP) is 3.99. The van der Waals surface area contributed by atoms with Crippen LogP contribution in [0, 0.1) is 0 Å². The summed E-state index contributed by atoms with van der Waals surface area (Å²) in [5, 5.41) is -1.18. The number of nitrogens with zero attached hydrogens (tertiary/aromatic N) is 1. The molecule has 0 aliphatic rings. The summed E-state index contributed by atoms with van der Waals surface area (Å²) in [5.74, 6) is -1.27. The summed E-state index contributed by atoms with van der Waals surface area (Å²) >= 11 is 0.142. The number of thiazole rings is 1. The molecule has 0 saturated heterocycles. The number of alkyl halides is 5. The Kier molecular flexibility index (Phi) is 4.21. The van der Waals surface area contributed by atoms with Crippen molar-refractivity contribution in [3.8, 4) is 5.75 Å². The lowest BCUT2D eigenvalue weighted by molar-refractivity contribution is -0.137. The second-order valence-corrected chi connectivity index (χ2v) is 4.76. The molecule has 2 aromatic rings. The fraction of sp³-hybridized carbons (Fsp3) is 0.167. The molecule has 0 amide bonds. The van der Waals surface area contributed by atoms with Crippen LogP contribution in [0.4, 0.5) is 22.0 Å². The molecule has 0 saturated carbocycles. The van der Waals surface area contributed by atoms with Crippen LogP contribution in [0.2, 0.25) is 0 Å². The molecule has 3 nitrogen and oxygen atoms in total. The maximum atomic E-state index is 12.4. The van der Waals surface area contributed by atoms with Crippen molar-refractivity contribution < 1.29 is 31.5 Å². The summed E-state index contributed by atoms with van der Waals surface area (Å²) in [6.45, 7) is -3.15. The Labute approximate surface area is 119 Å². The van der Waals surface area contributed by atoms with Gasteiger partial charge in [0.1, 0.15) is 5.75 Å². The molecule has 1 aromatic carbocycles. The zero-order valence-electron chi connectivity index (χ0n) is 10.0. The smallest absolute Gasteiger partial charge is 0.434 e. The predicted molar refractivity (Wildman–Crippen MR) is 63.6 cm³/mol. The van der Waals surface area contributed by atoms with Gasteiger partial charge in [0.05, 0.1) is 10.4 Å². The molecule has 112 valence electrons. The fourth-order valence-electron chi connectivity index (χ4n) is 1.50. The van der Waals surface area contributed by atoms with Crippen LogP contribution < -0.4 is 4.74 Å². The van der Waals surface area contributed by atoms with Gasteiger partial charge in [-0.15, -0.1) is 11.3 Å². The first-order valence-corrected chi connectivity index (χ1v) is 6.22. The minimum Gasteiger partial charge on any atom is -0.434 e. The number of carbonyl (C=O) groups excluding carboxylic acids is 1. The van der Waals surface area contributed by atoms with Crippen LogP contribution in [0.1, 0.15) is 20.2 Å². The number of benzene rings is 1. The van der Waals surface area contributed by atoms with Gasteiger partial charge in [-0.05, 0) is 12.1 Å². The van der Waals surface area contributed by atoms with Crippen molar-refractivity contribution in [2.75, 3.05) is 0 Å². The molecule has 0 fully saturated rings. The van der Waals surface area contributed by atoms with Crippen molar-refractivity contribution in [3.05, 3.63) is 45.9 Å². The number of rotatable bonds is 4. The highest BCUT2D eigenvalue weighted by Crippen LogP contribution is 2.34. The monoisotopic (exact) mass is 323 g/mol. The van der Waals surface area contributed by atoms with E-state index in [1.807, 2.05) is 0 Å². The number of hydrogen-bond acceptors (Lipinski definition) is 4. The molecule has 0 aliphatic carbocycles. The molecule has 21 heavy (non-hydrogen) atoms. The van der Waals surface area contributed by atoms with Gasteiger partial charge in [-0.2, -0.15) is 22.0 Å². The van der Waals surface area contributed by atoms with Crippen molar-refractivity contribution in [2.45, 2.75) is 12.8 Å². The van der Waals surface area contributed by atoms with Gasteiger partial charge in [0.15, 0.2) is 5.01 Å². The van der Waals surface area contributed by atoms with Crippen LogP contribution in [0.15, 0.2) is 30.5 Å². The first-order valence-electron chi connectivity index (χ1n) is 5.40. The Morgan fingerprint density at radius 2 is 1.90 bits per heavy atom. The molecule has 0 N–H and O–H groups in total. The molecule has 1 aromatic heterocycles. The van der Waals surface area contributed by atoms with E-state index >= 15 is 0 Å². The number of aromatic nitrogens is 1. The number of ketones is 1. The first-order chi connectivity index (χ1) is 9.79.